The van der Waals surface area contributed by atoms with E-state index in [0.717, 1.165) is 31.5 Å². The lowest BCUT2D eigenvalue weighted by Crippen LogP contribution is -2.53. The molecule has 0 spiro atoms. The van der Waals surface area contributed by atoms with Crippen LogP contribution in [0.4, 0.5) is 0 Å². The van der Waals surface area contributed by atoms with Crippen molar-refractivity contribution in [2.24, 2.45) is 0 Å². The molecule has 2 fully saturated rings. The van der Waals surface area contributed by atoms with Gasteiger partial charge in [0.25, 0.3) is 5.91 Å². The molecule has 0 unspecified atom stereocenters. The van der Waals surface area contributed by atoms with Gasteiger partial charge in [0.1, 0.15) is 22.6 Å². The van der Waals surface area contributed by atoms with Gasteiger partial charge in [0.2, 0.25) is 0 Å². The van der Waals surface area contributed by atoms with E-state index in [9.17, 15) is 9.90 Å². The van der Waals surface area contributed by atoms with Crippen molar-refractivity contribution < 1.29 is 19.2 Å². The lowest BCUT2D eigenvalue weighted by atomic mass is 10.0. The second-order valence-electron chi connectivity index (χ2n) is 7.82. The number of ether oxygens (including phenoxy) is 1. The van der Waals surface area contributed by atoms with Gasteiger partial charge in [0.05, 0.1) is 19.8 Å². The van der Waals surface area contributed by atoms with Gasteiger partial charge in [-0.05, 0) is 32.9 Å². The van der Waals surface area contributed by atoms with Gasteiger partial charge >= 0.3 is 0 Å². The number of aliphatic hydroxyl groups is 1. The molecular weight excluding hydrogens is 358 g/mol. The topological polar surface area (TPSA) is 79.0 Å². The van der Waals surface area contributed by atoms with Crippen LogP contribution in [-0.4, -0.2) is 77.5 Å². The summed E-state index contributed by atoms with van der Waals surface area (Å²) in [5, 5.41) is 15.3. The summed E-state index contributed by atoms with van der Waals surface area (Å²) in [6, 6.07) is 9.54. The van der Waals surface area contributed by atoms with Crippen molar-refractivity contribution in [1.29, 1.82) is 0 Å². The van der Waals surface area contributed by atoms with Gasteiger partial charge < -0.3 is 24.2 Å². The Morgan fingerprint density at radius 1 is 1.21 bits per heavy atom. The largest absolute Gasteiger partial charge is 0.384 e. The van der Waals surface area contributed by atoms with E-state index in [0.29, 0.717) is 36.7 Å². The minimum atomic E-state index is -1.07. The molecule has 0 radical (unpaired) electrons. The van der Waals surface area contributed by atoms with Gasteiger partial charge in [-0.2, -0.15) is 0 Å². The summed E-state index contributed by atoms with van der Waals surface area (Å²) in [4.78, 5) is 17.3. The van der Waals surface area contributed by atoms with Crippen LogP contribution in [0.15, 0.2) is 34.9 Å². The Balaban J connectivity index is 1.58. The highest BCUT2D eigenvalue weighted by molar-refractivity contribution is 6.00. The van der Waals surface area contributed by atoms with E-state index < -0.39 is 5.60 Å². The zero-order chi connectivity index (χ0) is 19.6. The highest BCUT2D eigenvalue weighted by atomic mass is 16.5. The number of carbonyl (C=O) groups is 1. The number of hydrogen-bond donors (Lipinski definition) is 1. The standard InChI is InChI=1S/C21H27N3O4/c1-16-18(19(22-28-16)17-7-3-2-4-8-17)20(25)24-11-12-27-15-21(26,14-24)13-23-9-5-6-10-23/h2-4,7-8,26H,5-6,9-15H2,1H3/t21-/m1/s1. The van der Waals surface area contributed by atoms with Crippen molar-refractivity contribution >= 4 is 5.91 Å². The molecule has 0 bridgehead atoms. The quantitative estimate of drug-likeness (QED) is 0.867. The van der Waals surface area contributed by atoms with Gasteiger partial charge in [0, 0.05) is 18.7 Å². The first-order chi connectivity index (χ1) is 13.6. The fraction of sp³-hybridized carbons (Fsp3) is 0.524. The van der Waals surface area contributed by atoms with Crippen LogP contribution in [0, 0.1) is 6.92 Å². The molecule has 28 heavy (non-hydrogen) atoms. The van der Waals surface area contributed by atoms with Crippen molar-refractivity contribution in [3.63, 3.8) is 0 Å². The molecular formula is C21H27N3O4. The Labute approximate surface area is 164 Å². The zero-order valence-corrected chi connectivity index (χ0v) is 16.3. The van der Waals surface area contributed by atoms with E-state index >= 15 is 0 Å². The van der Waals surface area contributed by atoms with Crippen molar-refractivity contribution in [3.8, 4) is 11.3 Å². The first-order valence-corrected chi connectivity index (χ1v) is 9.89. The Kier molecular flexibility index (Phi) is 5.48. The van der Waals surface area contributed by atoms with E-state index in [-0.39, 0.29) is 19.1 Å². The number of aryl methyl sites for hydroxylation is 1. The molecule has 3 heterocycles. The second-order valence-corrected chi connectivity index (χ2v) is 7.82. The third-order valence-electron chi connectivity index (χ3n) is 5.49. The summed E-state index contributed by atoms with van der Waals surface area (Å²) >= 11 is 0. The first kappa shape index (κ1) is 19.1. The summed E-state index contributed by atoms with van der Waals surface area (Å²) in [7, 11) is 0. The molecule has 2 aliphatic rings. The molecule has 1 N–H and O–H groups in total. The SMILES string of the molecule is Cc1onc(-c2ccccc2)c1C(=O)N1CCOC[C@@](O)(CN2CCCC2)C1. The maximum Gasteiger partial charge on any atom is 0.259 e. The van der Waals surface area contributed by atoms with Crippen LogP contribution in [-0.2, 0) is 4.74 Å². The Morgan fingerprint density at radius 3 is 2.71 bits per heavy atom. The van der Waals surface area contributed by atoms with E-state index in [2.05, 4.69) is 10.1 Å². The molecule has 0 saturated carbocycles. The smallest absolute Gasteiger partial charge is 0.259 e. The highest BCUT2D eigenvalue weighted by Crippen LogP contribution is 2.27. The molecule has 0 aliphatic carbocycles. The zero-order valence-electron chi connectivity index (χ0n) is 16.3. The van der Waals surface area contributed by atoms with Gasteiger partial charge in [-0.1, -0.05) is 35.5 Å². The molecule has 1 amide bonds. The number of hydrogen-bond acceptors (Lipinski definition) is 6. The number of benzene rings is 1. The highest BCUT2D eigenvalue weighted by Gasteiger charge is 2.38. The normalized spacial score (nSPS) is 23.7. The van der Waals surface area contributed by atoms with Crippen molar-refractivity contribution in [1.82, 2.24) is 15.0 Å². The lowest BCUT2D eigenvalue weighted by Gasteiger charge is -2.34. The summed E-state index contributed by atoms with van der Waals surface area (Å²) < 4.78 is 11.0. The fourth-order valence-corrected chi connectivity index (χ4v) is 4.12. The molecule has 2 aliphatic heterocycles. The van der Waals surface area contributed by atoms with E-state index in [1.54, 1.807) is 11.8 Å². The van der Waals surface area contributed by atoms with Crippen molar-refractivity contribution in [2.75, 3.05) is 45.9 Å². The molecule has 1 atom stereocenters. The fourth-order valence-electron chi connectivity index (χ4n) is 4.12. The van der Waals surface area contributed by atoms with Crippen LogP contribution in [0.3, 0.4) is 0 Å². The number of amides is 1. The van der Waals surface area contributed by atoms with Gasteiger partial charge in [0.15, 0.2) is 0 Å². The third-order valence-corrected chi connectivity index (χ3v) is 5.49. The average molecular weight is 385 g/mol. The number of carbonyl (C=O) groups excluding carboxylic acids is 1. The number of likely N-dealkylation sites (tertiary alicyclic amines) is 1. The minimum Gasteiger partial charge on any atom is -0.384 e. The molecule has 150 valence electrons. The van der Waals surface area contributed by atoms with Crippen LogP contribution >= 0.6 is 0 Å². The molecule has 4 rings (SSSR count). The molecule has 2 aromatic rings. The molecule has 1 aromatic heterocycles. The number of β-amino-alcohol motifs (C(OH)–C–C–N with tert-alkyl or cyclic N) is 1. The lowest BCUT2D eigenvalue weighted by molar-refractivity contribution is -0.0524. The maximum absolute atomic E-state index is 13.4. The maximum atomic E-state index is 13.4. The molecule has 7 nitrogen and oxygen atoms in total. The third kappa shape index (κ3) is 3.97. The predicted octanol–water partition coefficient (Wildman–Crippen LogP) is 1.95. The first-order valence-electron chi connectivity index (χ1n) is 9.89. The molecule has 2 saturated heterocycles. The number of nitrogens with zero attached hydrogens (tertiary/aromatic N) is 3. The van der Waals surface area contributed by atoms with Crippen LogP contribution in [0.25, 0.3) is 11.3 Å². The van der Waals surface area contributed by atoms with E-state index in [1.165, 1.54) is 0 Å². The Hall–Kier alpha value is -2.22. The summed E-state index contributed by atoms with van der Waals surface area (Å²) in [6.07, 6.45) is 2.31. The van der Waals surface area contributed by atoms with Gasteiger partial charge in [-0.15, -0.1) is 0 Å². The number of rotatable bonds is 4. The van der Waals surface area contributed by atoms with Crippen molar-refractivity contribution in [2.45, 2.75) is 25.4 Å². The van der Waals surface area contributed by atoms with Gasteiger partial charge in [-0.3, -0.25) is 4.79 Å². The summed E-state index contributed by atoms with van der Waals surface area (Å²) in [6.45, 7) is 5.54. The summed E-state index contributed by atoms with van der Waals surface area (Å²) in [5.41, 5.74) is 0.753. The number of aromatic nitrogens is 1. The molecule has 7 heteroatoms. The van der Waals surface area contributed by atoms with Crippen LogP contribution in [0.5, 0.6) is 0 Å². The average Bonchev–Trinajstić information content (AvgIpc) is 3.29. The van der Waals surface area contributed by atoms with E-state index in [4.69, 9.17) is 9.26 Å². The van der Waals surface area contributed by atoms with Crippen molar-refractivity contribution in [3.05, 3.63) is 41.7 Å². The van der Waals surface area contributed by atoms with Crippen LogP contribution in [0.2, 0.25) is 0 Å². The predicted molar refractivity (Wildman–Crippen MR) is 104 cm³/mol. The molecule has 1 aromatic carbocycles. The second kappa shape index (κ2) is 8.03. The monoisotopic (exact) mass is 385 g/mol. The van der Waals surface area contributed by atoms with Crippen LogP contribution < -0.4 is 0 Å². The minimum absolute atomic E-state index is 0.178. The Morgan fingerprint density at radius 2 is 1.96 bits per heavy atom. The Bertz CT molecular complexity index is 816. The van der Waals surface area contributed by atoms with Crippen LogP contribution in [0.1, 0.15) is 29.0 Å². The van der Waals surface area contributed by atoms with E-state index in [1.807, 2.05) is 30.3 Å². The van der Waals surface area contributed by atoms with Gasteiger partial charge in [-0.25, -0.2) is 0 Å². The summed E-state index contributed by atoms with van der Waals surface area (Å²) in [5.74, 6) is 0.306.